The first-order valence-electron chi connectivity index (χ1n) is 11.3. The van der Waals surface area contributed by atoms with E-state index in [-0.39, 0.29) is 5.91 Å². The number of nitrogens with zero attached hydrogens (tertiary/aromatic N) is 1. The number of fused-ring (bicyclic) bond motifs is 2. The molecular weight excluding hydrogens is 372 g/mol. The van der Waals surface area contributed by atoms with Gasteiger partial charge in [-0.2, -0.15) is 0 Å². The molecule has 2 fully saturated rings. The Labute approximate surface area is 178 Å². The number of rotatable bonds is 4. The lowest BCUT2D eigenvalue weighted by Crippen LogP contribution is -2.32. The van der Waals surface area contributed by atoms with Crippen molar-refractivity contribution in [3.05, 3.63) is 70.3 Å². The maximum atomic E-state index is 12.4. The number of likely N-dealkylation sites (tertiary alicyclic amines) is 1. The molecular formula is C26H30N2O2. The number of hydrogen-bond acceptors (Lipinski definition) is 3. The van der Waals surface area contributed by atoms with Crippen molar-refractivity contribution in [1.82, 2.24) is 10.2 Å². The number of amides is 1. The van der Waals surface area contributed by atoms with Gasteiger partial charge in [-0.3, -0.25) is 4.79 Å². The second kappa shape index (κ2) is 8.27. The molecule has 3 aliphatic rings. The molecule has 1 aliphatic carbocycles. The monoisotopic (exact) mass is 402 g/mol. The molecule has 5 rings (SSSR count). The molecule has 1 amide bonds. The van der Waals surface area contributed by atoms with Crippen molar-refractivity contribution in [2.45, 2.75) is 39.2 Å². The minimum absolute atomic E-state index is 0.0479. The molecule has 2 aromatic carbocycles. The molecule has 1 N–H and O–H groups in total. The molecule has 156 valence electrons. The summed E-state index contributed by atoms with van der Waals surface area (Å²) in [5.74, 6) is 1.71. The molecule has 0 atom stereocenters. The summed E-state index contributed by atoms with van der Waals surface area (Å²) in [5.41, 5.74) is 7.13. The highest BCUT2D eigenvalue weighted by atomic mass is 16.5. The Kier molecular flexibility index (Phi) is 5.34. The van der Waals surface area contributed by atoms with Crippen LogP contribution in [0.4, 0.5) is 0 Å². The Morgan fingerprint density at radius 1 is 1.10 bits per heavy atom. The number of ether oxygens (including phenoxy) is 1. The van der Waals surface area contributed by atoms with Crippen molar-refractivity contribution in [1.29, 1.82) is 0 Å². The minimum atomic E-state index is -0.0479. The third-order valence-electron chi connectivity index (χ3n) is 6.55. The van der Waals surface area contributed by atoms with Gasteiger partial charge in [0, 0.05) is 37.3 Å². The van der Waals surface area contributed by atoms with Crippen LogP contribution in [0.1, 0.15) is 59.7 Å². The molecule has 2 aliphatic heterocycles. The van der Waals surface area contributed by atoms with Gasteiger partial charge in [0.1, 0.15) is 12.4 Å². The summed E-state index contributed by atoms with van der Waals surface area (Å²) >= 11 is 0. The van der Waals surface area contributed by atoms with E-state index in [0.717, 1.165) is 43.2 Å². The Morgan fingerprint density at radius 3 is 2.67 bits per heavy atom. The first-order valence-corrected chi connectivity index (χ1v) is 11.3. The second-order valence-electron chi connectivity index (χ2n) is 8.74. The van der Waals surface area contributed by atoms with Gasteiger partial charge in [-0.15, -0.1) is 0 Å². The number of carbonyl (C=O) groups excluding carboxylic acids is 1. The van der Waals surface area contributed by atoms with Crippen molar-refractivity contribution in [3.8, 4) is 5.75 Å². The molecule has 2 heterocycles. The van der Waals surface area contributed by atoms with Crippen LogP contribution in [0.2, 0.25) is 0 Å². The van der Waals surface area contributed by atoms with Gasteiger partial charge in [-0.25, -0.2) is 0 Å². The van der Waals surface area contributed by atoms with E-state index in [1.54, 1.807) is 0 Å². The third kappa shape index (κ3) is 3.89. The number of benzene rings is 2. The Morgan fingerprint density at radius 2 is 1.90 bits per heavy atom. The zero-order chi connectivity index (χ0) is 20.5. The number of carbonyl (C=O) groups is 1. The molecule has 30 heavy (non-hydrogen) atoms. The van der Waals surface area contributed by atoms with Crippen LogP contribution in [-0.2, 0) is 6.61 Å². The summed E-state index contributed by atoms with van der Waals surface area (Å²) in [5, 5.41) is 2.89. The van der Waals surface area contributed by atoms with Gasteiger partial charge < -0.3 is 15.0 Å². The van der Waals surface area contributed by atoms with Crippen LogP contribution < -0.4 is 10.1 Å². The average molecular weight is 403 g/mol. The second-order valence-corrected chi connectivity index (χ2v) is 8.74. The normalized spacial score (nSPS) is 18.8. The van der Waals surface area contributed by atoms with Crippen LogP contribution in [0, 0.1) is 5.92 Å². The van der Waals surface area contributed by atoms with Crippen molar-refractivity contribution in [3.63, 3.8) is 0 Å². The smallest absolute Gasteiger partial charge is 0.251 e. The van der Waals surface area contributed by atoms with E-state index in [2.05, 4.69) is 40.5 Å². The van der Waals surface area contributed by atoms with Crippen LogP contribution in [0.5, 0.6) is 5.75 Å². The summed E-state index contributed by atoms with van der Waals surface area (Å²) in [7, 11) is 0. The van der Waals surface area contributed by atoms with Crippen molar-refractivity contribution in [2.75, 3.05) is 26.2 Å². The van der Waals surface area contributed by atoms with Crippen LogP contribution >= 0.6 is 0 Å². The predicted molar refractivity (Wildman–Crippen MR) is 120 cm³/mol. The quantitative estimate of drug-likeness (QED) is 0.810. The van der Waals surface area contributed by atoms with E-state index < -0.39 is 0 Å². The molecule has 0 unspecified atom stereocenters. The van der Waals surface area contributed by atoms with Gasteiger partial charge in [0.2, 0.25) is 0 Å². The highest BCUT2D eigenvalue weighted by molar-refractivity contribution is 5.96. The minimum Gasteiger partial charge on any atom is -0.488 e. The SMILES string of the molecule is CCNC(=O)c1ccc2c(c1)OCc1ccccc1C2=C1CCN(CC2CC2)CC1. The van der Waals surface area contributed by atoms with Crippen molar-refractivity contribution in [2.24, 2.45) is 5.92 Å². The largest absolute Gasteiger partial charge is 0.488 e. The van der Waals surface area contributed by atoms with Gasteiger partial charge in [0.25, 0.3) is 5.91 Å². The fraction of sp³-hybridized carbons (Fsp3) is 0.423. The topological polar surface area (TPSA) is 41.6 Å². The van der Waals surface area contributed by atoms with Gasteiger partial charge >= 0.3 is 0 Å². The fourth-order valence-electron chi connectivity index (χ4n) is 4.74. The van der Waals surface area contributed by atoms with Crippen molar-refractivity contribution < 1.29 is 9.53 Å². The van der Waals surface area contributed by atoms with E-state index >= 15 is 0 Å². The molecule has 4 nitrogen and oxygen atoms in total. The van der Waals surface area contributed by atoms with Crippen molar-refractivity contribution >= 4 is 11.5 Å². The molecule has 1 saturated carbocycles. The van der Waals surface area contributed by atoms with Gasteiger partial charge in [0.05, 0.1) is 0 Å². The molecule has 0 radical (unpaired) electrons. The summed E-state index contributed by atoms with van der Waals surface area (Å²) < 4.78 is 6.22. The van der Waals surface area contributed by atoms with E-state index in [9.17, 15) is 4.79 Å². The summed E-state index contributed by atoms with van der Waals surface area (Å²) in [4.78, 5) is 15.0. The Hall–Kier alpha value is -2.59. The zero-order valence-corrected chi connectivity index (χ0v) is 17.7. The highest BCUT2D eigenvalue weighted by Crippen LogP contribution is 2.41. The number of nitrogens with one attached hydrogen (secondary N) is 1. The van der Waals surface area contributed by atoms with Gasteiger partial charge in [-0.05, 0) is 73.4 Å². The highest BCUT2D eigenvalue weighted by Gasteiger charge is 2.28. The lowest BCUT2D eigenvalue weighted by Gasteiger charge is -2.30. The van der Waals surface area contributed by atoms with Crippen LogP contribution in [-0.4, -0.2) is 37.0 Å². The summed E-state index contributed by atoms with van der Waals surface area (Å²) in [6.07, 6.45) is 5.04. The van der Waals surface area contributed by atoms with E-state index in [4.69, 9.17) is 4.74 Å². The Bertz CT molecular complexity index is 980. The maximum Gasteiger partial charge on any atom is 0.251 e. The van der Waals surface area contributed by atoms with E-state index in [1.807, 2.05) is 19.1 Å². The van der Waals surface area contributed by atoms with Gasteiger partial charge in [0.15, 0.2) is 0 Å². The maximum absolute atomic E-state index is 12.4. The lowest BCUT2D eigenvalue weighted by atomic mass is 9.86. The predicted octanol–water partition coefficient (Wildman–Crippen LogP) is 4.64. The first-order chi connectivity index (χ1) is 14.7. The fourth-order valence-corrected chi connectivity index (χ4v) is 4.74. The lowest BCUT2D eigenvalue weighted by molar-refractivity contribution is 0.0955. The van der Waals surface area contributed by atoms with Crippen LogP contribution in [0.25, 0.3) is 5.57 Å². The molecule has 4 heteroatoms. The van der Waals surface area contributed by atoms with Crippen LogP contribution in [0.15, 0.2) is 48.0 Å². The van der Waals surface area contributed by atoms with E-state index in [0.29, 0.717) is 18.7 Å². The Balaban J connectivity index is 1.53. The number of hydrogen-bond donors (Lipinski definition) is 1. The molecule has 0 spiro atoms. The molecule has 2 aromatic rings. The first kappa shape index (κ1) is 19.4. The van der Waals surface area contributed by atoms with Crippen LogP contribution in [0.3, 0.4) is 0 Å². The molecule has 0 aromatic heterocycles. The zero-order valence-electron chi connectivity index (χ0n) is 17.7. The molecule has 1 saturated heterocycles. The third-order valence-corrected chi connectivity index (χ3v) is 6.55. The average Bonchev–Trinajstić information content (AvgIpc) is 3.60. The van der Waals surface area contributed by atoms with Gasteiger partial charge in [-0.1, -0.05) is 29.8 Å². The number of piperidine rings is 1. The van der Waals surface area contributed by atoms with E-state index in [1.165, 1.54) is 41.7 Å². The summed E-state index contributed by atoms with van der Waals surface area (Å²) in [6, 6.07) is 14.5. The standard InChI is InChI=1S/C26H30N2O2/c1-2-27-26(29)20-9-10-23-24(15-20)30-17-21-5-3-4-6-22(21)25(23)19-11-13-28(14-12-19)16-18-7-8-18/h3-6,9-10,15,18H,2,7-8,11-14,16-17H2,1H3,(H,27,29). The molecule has 0 bridgehead atoms. The summed E-state index contributed by atoms with van der Waals surface area (Å²) in [6.45, 7) is 6.65.